The van der Waals surface area contributed by atoms with E-state index in [0.29, 0.717) is 11.4 Å². The second kappa shape index (κ2) is 5.40. The minimum atomic E-state index is -0.315. The van der Waals surface area contributed by atoms with Crippen molar-refractivity contribution < 1.29 is 9.59 Å². The van der Waals surface area contributed by atoms with E-state index < -0.39 is 0 Å². The SMILES string of the molecule is C[C@H]1CC[C@@H](C(N)=O)CN1C(=O)c1sccc1Br. The molecule has 1 aliphatic heterocycles. The van der Waals surface area contributed by atoms with Gasteiger partial charge in [0.05, 0.1) is 5.92 Å². The van der Waals surface area contributed by atoms with Crippen LogP contribution < -0.4 is 5.73 Å². The Morgan fingerprint density at radius 3 is 2.78 bits per heavy atom. The molecule has 2 heterocycles. The summed E-state index contributed by atoms with van der Waals surface area (Å²) in [5.41, 5.74) is 5.34. The van der Waals surface area contributed by atoms with Crippen molar-refractivity contribution >= 4 is 39.1 Å². The van der Waals surface area contributed by atoms with Gasteiger partial charge in [0.2, 0.25) is 5.91 Å². The van der Waals surface area contributed by atoms with Crippen LogP contribution in [0.3, 0.4) is 0 Å². The molecule has 1 aromatic heterocycles. The van der Waals surface area contributed by atoms with E-state index in [9.17, 15) is 9.59 Å². The van der Waals surface area contributed by atoms with Crippen LogP contribution in [-0.2, 0) is 4.79 Å². The Labute approximate surface area is 118 Å². The lowest BCUT2D eigenvalue weighted by Crippen LogP contribution is -2.48. The third-order valence-corrected chi connectivity index (χ3v) is 5.18. The summed E-state index contributed by atoms with van der Waals surface area (Å²) in [6.45, 7) is 2.44. The average molecular weight is 331 g/mol. The molecular formula is C12H15BrN2O2S. The number of likely N-dealkylation sites (tertiary alicyclic amines) is 1. The van der Waals surface area contributed by atoms with E-state index in [0.717, 1.165) is 17.3 Å². The van der Waals surface area contributed by atoms with Gasteiger partial charge in [-0.3, -0.25) is 9.59 Å². The molecule has 0 saturated carbocycles. The van der Waals surface area contributed by atoms with Crippen molar-refractivity contribution in [3.05, 3.63) is 20.8 Å². The van der Waals surface area contributed by atoms with Crippen molar-refractivity contribution in [1.29, 1.82) is 0 Å². The summed E-state index contributed by atoms with van der Waals surface area (Å²) in [4.78, 5) is 26.1. The number of nitrogens with zero attached hydrogens (tertiary/aromatic N) is 1. The number of piperidine rings is 1. The van der Waals surface area contributed by atoms with Gasteiger partial charge in [-0.1, -0.05) is 0 Å². The number of primary amides is 1. The van der Waals surface area contributed by atoms with Crippen molar-refractivity contribution in [3.63, 3.8) is 0 Å². The maximum atomic E-state index is 12.4. The number of rotatable bonds is 2. The molecule has 2 N–H and O–H groups in total. The first-order valence-electron chi connectivity index (χ1n) is 5.84. The highest BCUT2D eigenvalue weighted by atomic mass is 79.9. The number of amides is 2. The monoisotopic (exact) mass is 330 g/mol. The molecule has 2 amide bonds. The van der Waals surface area contributed by atoms with E-state index in [1.54, 1.807) is 4.90 Å². The lowest BCUT2D eigenvalue weighted by Gasteiger charge is -2.36. The number of carbonyl (C=O) groups excluding carboxylic acids is 2. The van der Waals surface area contributed by atoms with Gasteiger partial charge >= 0.3 is 0 Å². The Morgan fingerprint density at radius 2 is 2.22 bits per heavy atom. The Kier molecular flexibility index (Phi) is 4.07. The van der Waals surface area contributed by atoms with Gasteiger partial charge in [-0.05, 0) is 47.1 Å². The average Bonchev–Trinajstić information content (AvgIpc) is 2.75. The second-order valence-corrected chi connectivity index (χ2v) is 6.35. The first-order valence-corrected chi connectivity index (χ1v) is 7.51. The van der Waals surface area contributed by atoms with E-state index in [-0.39, 0.29) is 23.8 Å². The molecule has 2 rings (SSSR count). The quantitative estimate of drug-likeness (QED) is 0.903. The van der Waals surface area contributed by atoms with E-state index in [2.05, 4.69) is 15.9 Å². The molecule has 2 atom stereocenters. The summed E-state index contributed by atoms with van der Waals surface area (Å²) in [6.07, 6.45) is 1.59. The van der Waals surface area contributed by atoms with Crippen LogP contribution >= 0.6 is 27.3 Å². The Bertz CT molecular complexity index is 474. The van der Waals surface area contributed by atoms with Gasteiger partial charge in [-0.25, -0.2) is 0 Å². The molecule has 1 fully saturated rings. The lowest BCUT2D eigenvalue weighted by atomic mass is 9.93. The number of halogens is 1. The molecule has 6 heteroatoms. The van der Waals surface area contributed by atoms with Crippen LogP contribution in [0.4, 0.5) is 0 Å². The maximum absolute atomic E-state index is 12.4. The fourth-order valence-corrected chi connectivity index (χ4v) is 3.69. The highest BCUT2D eigenvalue weighted by molar-refractivity contribution is 9.10. The van der Waals surface area contributed by atoms with Crippen molar-refractivity contribution in [3.8, 4) is 0 Å². The number of hydrogen-bond donors (Lipinski definition) is 1. The van der Waals surface area contributed by atoms with Gasteiger partial charge in [0, 0.05) is 17.1 Å². The van der Waals surface area contributed by atoms with Gasteiger partial charge < -0.3 is 10.6 Å². The van der Waals surface area contributed by atoms with Gasteiger partial charge in [0.15, 0.2) is 0 Å². The minimum absolute atomic E-state index is 0.0182. The van der Waals surface area contributed by atoms with Crippen LogP contribution in [0.25, 0.3) is 0 Å². The van der Waals surface area contributed by atoms with Crippen molar-refractivity contribution in [1.82, 2.24) is 4.90 Å². The van der Waals surface area contributed by atoms with Crippen LogP contribution in [0.5, 0.6) is 0 Å². The third kappa shape index (κ3) is 2.59. The second-order valence-electron chi connectivity index (χ2n) is 4.58. The number of nitrogens with two attached hydrogens (primary N) is 1. The molecule has 0 bridgehead atoms. The molecule has 1 aliphatic rings. The predicted molar refractivity (Wildman–Crippen MR) is 74.4 cm³/mol. The fourth-order valence-electron chi connectivity index (χ4n) is 2.20. The zero-order chi connectivity index (χ0) is 13.3. The standard InChI is InChI=1S/C12H15BrN2O2S/c1-7-2-3-8(11(14)16)6-15(7)12(17)10-9(13)4-5-18-10/h4-5,7-8H,2-3,6H2,1H3,(H2,14,16)/t7-,8+/m0/s1. The predicted octanol–water partition coefficient (Wildman–Crippen LogP) is 2.24. The summed E-state index contributed by atoms with van der Waals surface area (Å²) in [5.74, 6) is -0.552. The van der Waals surface area contributed by atoms with Crippen molar-refractivity contribution in [2.75, 3.05) is 6.54 Å². The van der Waals surface area contributed by atoms with Gasteiger partial charge in [-0.15, -0.1) is 11.3 Å². The normalized spacial score (nSPS) is 24.0. The van der Waals surface area contributed by atoms with E-state index in [1.807, 2.05) is 18.4 Å². The molecule has 0 aliphatic carbocycles. The number of thiophene rings is 1. The maximum Gasteiger partial charge on any atom is 0.265 e. The fraction of sp³-hybridized carbons (Fsp3) is 0.500. The van der Waals surface area contributed by atoms with Gasteiger partial charge in [0.25, 0.3) is 5.91 Å². The Hall–Kier alpha value is -0.880. The topological polar surface area (TPSA) is 63.4 Å². The number of hydrogen-bond acceptors (Lipinski definition) is 3. The molecule has 0 spiro atoms. The Morgan fingerprint density at radius 1 is 1.50 bits per heavy atom. The van der Waals surface area contributed by atoms with Crippen LogP contribution in [-0.4, -0.2) is 29.3 Å². The van der Waals surface area contributed by atoms with Crippen LogP contribution in [0.1, 0.15) is 29.4 Å². The number of carbonyl (C=O) groups is 2. The van der Waals surface area contributed by atoms with E-state index >= 15 is 0 Å². The molecule has 0 unspecified atom stereocenters. The van der Waals surface area contributed by atoms with Crippen LogP contribution in [0.15, 0.2) is 15.9 Å². The molecule has 4 nitrogen and oxygen atoms in total. The Balaban J connectivity index is 2.18. The lowest BCUT2D eigenvalue weighted by molar-refractivity contribution is -0.123. The first kappa shape index (κ1) is 13.5. The molecule has 18 heavy (non-hydrogen) atoms. The van der Waals surface area contributed by atoms with E-state index in [1.165, 1.54) is 11.3 Å². The smallest absolute Gasteiger partial charge is 0.265 e. The zero-order valence-electron chi connectivity index (χ0n) is 10.1. The summed E-state index contributed by atoms with van der Waals surface area (Å²) < 4.78 is 0.811. The largest absolute Gasteiger partial charge is 0.369 e. The summed E-state index contributed by atoms with van der Waals surface area (Å²) in [6, 6.07) is 2.01. The molecule has 0 aromatic carbocycles. The molecule has 98 valence electrons. The van der Waals surface area contributed by atoms with Gasteiger partial charge in [0.1, 0.15) is 4.88 Å². The molecule has 0 radical (unpaired) electrons. The summed E-state index contributed by atoms with van der Waals surface area (Å²) in [5, 5.41) is 1.87. The third-order valence-electron chi connectivity index (χ3n) is 3.36. The van der Waals surface area contributed by atoms with Crippen LogP contribution in [0, 0.1) is 5.92 Å². The summed E-state index contributed by atoms with van der Waals surface area (Å²) in [7, 11) is 0. The van der Waals surface area contributed by atoms with Gasteiger partial charge in [-0.2, -0.15) is 0 Å². The van der Waals surface area contributed by atoms with Crippen molar-refractivity contribution in [2.24, 2.45) is 11.7 Å². The highest BCUT2D eigenvalue weighted by Crippen LogP contribution is 2.28. The molecule has 1 saturated heterocycles. The molecule has 1 aromatic rings. The van der Waals surface area contributed by atoms with E-state index in [4.69, 9.17) is 5.73 Å². The zero-order valence-corrected chi connectivity index (χ0v) is 12.5. The minimum Gasteiger partial charge on any atom is -0.369 e. The molecular weight excluding hydrogens is 316 g/mol. The van der Waals surface area contributed by atoms with Crippen molar-refractivity contribution in [2.45, 2.75) is 25.8 Å². The highest BCUT2D eigenvalue weighted by Gasteiger charge is 2.33. The first-order chi connectivity index (χ1) is 8.50. The summed E-state index contributed by atoms with van der Waals surface area (Å²) >= 11 is 4.78. The van der Waals surface area contributed by atoms with Crippen LogP contribution in [0.2, 0.25) is 0 Å².